The number of rotatable bonds is 5. The summed E-state index contributed by atoms with van der Waals surface area (Å²) in [5.74, 6) is 0. The number of nitrogens with one attached hydrogen (secondary N) is 1. The van der Waals surface area contributed by atoms with Crippen LogP contribution in [0.25, 0.3) is 0 Å². The zero-order valence-corrected chi connectivity index (χ0v) is 9.96. The van der Waals surface area contributed by atoms with E-state index in [0.29, 0.717) is 23.6 Å². The normalized spacial score (nSPS) is 34.3. The van der Waals surface area contributed by atoms with Crippen molar-refractivity contribution in [2.45, 2.75) is 57.7 Å². The molecule has 0 radical (unpaired) electrons. The summed E-state index contributed by atoms with van der Waals surface area (Å²) in [6.45, 7) is 8.95. The van der Waals surface area contributed by atoms with E-state index >= 15 is 0 Å². The van der Waals surface area contributed by atoms with Gasteiger partial charge in [-0.05, 0) is 33.1 Å². The van der Waals surface area contributed by atoms with Crippen LogP contribution in [0.2, 0.25) is 0 Å². The van der Waals surface area contributed by atoms with Gasteiger partial charge in [-0.1, -0.05) is 12.5 Å². The van der Waals surface area contributed by atoms with E-state index < -0.39 is 0 Å². The van der Waals surface area contributed by atoms with Crippen LogP contribution in [0.15, 0.2) is 12.7 Å². The van der Waals surface area contributed by atoms with E-state index in [2.05, 4.69) is 25.7 Å². The summed E-state index contributed by atoms with van der Waals surface area (Å²) in [4.78, 5) is 0. The molecular formula is C13H23NO. The van der Waals surface area contributed by atoms with Crippen LogP contribution in [0.1, 0.15) is 39.5 Å². The van der Waals surface area contributed by atoms with Crippen molar-refractivity contribution >= 4 is 0 Å². The van der Waals surface area contributed by atoms with Gasteiger partial charge in [0.25, 0.3) is 0 Å². The van der Waals surface area contributed by atoms with E-state index in [4.69, 9.17) is 4.74 Å². The van der Waals surface area contributed by atoms with Crippen molar-refractivity contribution in [2.24, 2.45) is 5.41 Å². The second-order valence-electron chi connectivity index (χ2n) is 5.01. The molecule has 2 saturated carbocycles. The molecule has 2 fully saturated rings. The first-order chi connectivity index (χ1) is 7.23. The Morgan fingerprint density at radius 3 is 2.80 bits per heavy atom. The molecule has 0 saturated heterocycles. The summed E-state index contributed by atoms with van der Waals surface area (Å²) in [6, 6.07) is 1.09. The van der Waals surface area contributed by atoms with Crippen LogP contribution >= 0.6 is 0 Å². The van der Waals surface area contributed by atoms with Gasteiger partial charge >= 0.3 is 0 Å². The van der Waals surface area contributed by atoms with Gasteiger partial charge in [0.1, 0.15) is 0 Å². The molecule has 0 aromatic rings. The molecule has 2 aliphatic rings. The summed E-state index contributed by atoms with van der Waals surface area (Å²) in [5, 5.41) is 3.65. The lowest BCUT2D eigenvalue weighted by atomic mass is 9.51. The average molecular weight is 209 g/mol. The molecule has 2 heteroatoms. The summed E-state index contributed by atoms with van der Waals surface area (Å²) in [7, 11) is 0. The molecule has 1 spiro atoms. The molecule has 0 heterocycles. The highest BCUT2D eigenvalue weighted by Crippen LogP contribution is 2.57. The summed E-state index contributed by atoms with van der Waals surface area (Å²) in [6.07, 6.45) is 7.76. The van der Waals surface area contributed by atoms with E-state index in [1.165, 1.54) is 25.7 Å². The van der Waals surface area contributed by atoms with Gasteiger partial charge in [0.05, 0.1) is 6.10 Å². The molecule has 0 aromatic carbocycles. The molecule has 2 rings (SSSR count). The number of hydrogen-bond acceptors (Lipinski definition) is 2. The molecule has 3 unspecified atom stereocenters. The lowest BCUT2D eigenvalue weighted by Gasteiger charge is -2.61. The molecule has 2 aliphatic carbocycles. The Labute approximate surface area is 93.1 Å². The number of ether oxygens (including phenoxy) is 1. The van der Waals surface area contributed by atoms with Crippen molar-refractivity contribution in [3.05, 3.63) is 12.7 Å². The van der Waals surface area contributed by atoms with Gasteiger partial charge < -0.3 is 10.1 Å². The fraction of sp³-hybridized carbons (Fsp3) is 0.846. The molecule has 86 valence electrons. The minimum Gasteiger partial charge on any atom is -0.378 e. The van der Waals surface area contributed by atoms with Gasteiger partial charge in [0.2, 0.25) is 0 Å². The van der Waals surface area contributed by atoms with E-state index in [1.807, 2.05) is 6.08 Å². The van der Waals surface area contributed by atoms with E-state index in [-0.39, 0.29) is 0 Å². The molecule has 1 N–H and O–H groups in total. The quantitative estimate of drug-likeness (QED) is 0.702. The van der Waals surface area contributed by atoms with Gasteiger partial charge in [0, 0.05) is 24.1 Å². The number of hydrogen-bond donors (Lipinski definition) is 1. The second-order valence-corrected chi connectivity index (χ2v) is 5.01. The van der Waals surface area contributed by atoms with Crippen LogP contribution in [-0.4, -0.2) is 24.8 Å². The topological polar surface area (TPSA) is 21.3 Å². The highest BCUT2D eigenvalue weighted by atomic mass is 16.5. The Hall–Kier alpha value is -0.340. The average Bonchev–Trinajstić information content (AvgIpc) is 2.13. The second kappa shape index (κ2) is 4.26. The SMILES string of the molecule is C=CC(C)NC1CC(OCC)C12CCC2. The van der Waals surface area contributed by atoms with Crippen LogP contribution in [0.4, 0.5) is 0 Å². The lowest BCUT2D eigenvalue weighted by molar-refractivity contribution is -0.173. The Balaban J connectivity index is 1.90. The van der Waals surface area contributed by atoms with E-state index in [0.717, 1.165) is 6.61 Å². The van der Waals surface area contributed by atoms with Crippen molar-refractivity contribution in [3.8, 4) is 0 Å². The highest BCUT2D eigenvalue weighted by Gasteiger charge is 2.58. The molecule has 15 heavy (non-hydrogen) atoms. The molecule has 0 bridgehead atoms. The standard InChI is InChI=1S/C13H23NO/c1-4-10(3)14-11-9-12(15-5-2)13(11)7-6-8-13/h4,10-12,14H,1,5-9H2,2-3H3. The van der Waals surface area contributed by atoms with Crippen LogP contribution in [0, 0.1) is 5.41 Å². The maximum atomic E-state index is 5.82. The first-order valence-electron chi connectivity index (χ1n) is 6.23. The van der Waals surface area contributed by atoms with Crippen LogP contribution in [-0.2, 0) is 4.74 Å². The van der Waals surface area contributed by atoms with Gasteiger partial charge in [-0.2, -0.15) is 0 Å². The predicted octanol–water partition coefficient (Wildman–Crippen LogP) is 2.50. The third-order valence-electron chi connectivity index (χ3n) is 4.25. The van der Waals surface area contributed by atoms with Gasteiger partial charge in [0.15, 0.2) is 0 Å². The third kappa shape index (κ3) is 1.74. The monoisotopic (exact) mass is 209 g/mol. The van der Waals surface area contributed by atoms with Crippen molar-refractivity contribution < 1.29 is 4.74 Å². The maximum absolute atomic E-state index is 5.82. The van der Waals surface area contributed by atoms with Gasteiger partial charge in [-0.3, -0.25) is 0 Å². The Bertz CT molecular complexity index is 235. The van der Waals surface area contributed by atoms with Crippen molar-refractivity contribution in [3.63, 3.8) is 0 Å². The van der Waals surface area contributed by atoms with E-state index in [9.17, 15) is 0 Å². The Morgan fingerprint density at radius 1 is 1.60 bits per heavy atom. The summed E-state index contributed by atoms with van der Waals surface area (Å²) >= 11 is 0. The zero-order valence-electron chi connectivity index (χ0n) is 9.96. The Kier molecular flexibility index (Phi) is 3.17. The minimum absolute atomic E-state index is 0.426. The minimum atomic E-state index is 0.426. The third-order valence-corrected chi connectivity index (χ3v) is 4.25. The summed E-state index contributed by atoms with van der Waals surface area (Å²) in [5.41, 5.74) is 0.479. The predicted molar refractivity (Wildman–Crippen MR) is 62.9 cm³/mol. The van der Waals surface area contributed by atoms with Crippen LogP contribution in [0.3, 0.4) is 0 Å². The smallest absolute Gasteiger partial charge is 0.0661 e. The van der Waals surface area contributed by atoms with Crippen LogP contribution in [0.5, 0.6) is 0 Å². The maximum Gasteiger partial charge on any atom is 0.0661 e. The molecule has 0 aliphatic heterocycles. The molecule has 0 amide bonds. The van der Waals surface area contributed by atoms with Crippen molar-refractivity contribution in [1.82, 2.24) is 5.32 Å². The van der Waals surface area contributed by atoms with Crippen LogP contribution < -0.4 is 5.32 Å². The molecule has 0 aromatic heterocycles. The lowest BCUT2D eigenvalue weighted by Crippen LogP contribution is -2.67. The van der Waals surface area contributed by atoms with Crippen molar-refractivity contribution in [2.75, 3.05) is 6.61 Å². The molecule has 2 nitrogen and oxygen atoms in total. The fourth-order valence-corrected chi connectivity index (χ4v) is 3.06. The molecular weight excluding hydrogens is 186 g/mol. The van der Waals surface area contributed by atoms with Gasteiger partial charge in [-0.25, -0.2) is 0 Å². The largest absolute Gasteiger partial charge is 0.378 e. The van der Waals surface area contributed by atoms with Crippen molar-refractivity contribution in [1.29, 1.82) is 0 Å². The zero-order chi connectivity index (χ0) is 10.9. The highest BCUT2D eigenvalue weighted by molar-refractivity contribution is 5.13. The van der Waals surface area contributed by atoms with Gasteiger partial charge in [-0.15, -0.1) is 6.58 Å². The molecule has 3 atom stereocenters. The first kappa shape index (κ1) is 11.2. The Morgan fingerprint density at radius 2 is 2.33 bits per heavy atom. The van der Waals surface area contributed by atoms with E-state index in [1.54, 1.807) is 0 Å². The summed E-state index contributed by atoms with van der Waals surface area (Å²) < 4.78 is 5.82. The fourth-order valence-electron chi connectivity index (χ4n) is 3.06. The first-order valence-corrected chi connectivity index (χ1v) is 6.23.